The maximum absolute atomic E-state index is 12.3. The number of rotatable bonds is 2. The van der Waals surface area contributed by atoms with Gasteiger partial charge in [0.15, 0.2) is 0 Å². The van der Waals surface area contributed by atoms with E-state index in [1.54, 1.807) is 0 Å². The first kappa shape index (κ1) is 15.0. The average Bonchev–Trinajstić information content (AvgIpc) is 2.79. The molecule has 2 heteroatoms. The van der Waals surface area contributed by atoms with Crippen LogP contribution in [0.2, 0.25) is 0 Å². The van der Waals surface area contributed by atoms with Crippen molar-refractivity contribution in [2.75, 3.05) is 6.54 Å². The smallest absolute Gasteiger partial charge is 0.149 e. The van der Waals surface area contributed by atoms with Crippen molar-refractivity contribution in [2.24, 2.45) is 16.7 Å². The first-order valence-corrected chi connectivity index (χ1v) is 7.81. The number of ketones is 1. The summed E-state index contributed by atoms with van der Waals surface area (Å²) in [7, 11) is 0. The van der Waals surface area contributed by atoms with E-state index in [1.165, 1.54) is 6.42 Å². The molecule has 1 saturated carbocycles. The molecule has 1 unspecified atom stereocenters. The molecule has 0 bridgehead atoms. The molecule has 2 fully saturated rings. The first-order valence-electron chi connectivity index (χ1n) is 7.81. The minimum absolute atomic E-state index is 0.101. The van der Waals surface area contributed by atoms with Crippen LogP contribution in [0.5, 0.6) is 0 Å². The number of Topliss-reactive ketones (excluding diaryl/α,β-unsaturated/α-hetero) is 1. The predicted octanol–water partition coefficient (Wildman–Crippen LogP) is 3.89. The Hall–Kier alpha value is -0.370. The zero-order valence-corrected chi connectivity index (χ0v) is 13.8. The largest absolute Gasteiger partial charge is 0.298 e. The zero-order chi connectivity index (χ0) is 14.6. The second kappa shape index (κ2) is 4.31. The molecule has 1 aliphatic carbocycles. The number of carbonyl (C=O) groups is 1. The highest BCUT2D eigenvalue weighted by Gasteiger charge is 2.64. The molecule has 2 rings (SSSR count). The van der Waals surface area contributed by atoms with Crippen molar-refractivity contribution in [3.63, 3.8) is 0 Å². The molecule has 1 aliphatic heterocycles. The third kappa shape index (κ3) is 2.61. The predicted molar refractivity (Wildman–Crippen MR) is 80.2 cm³/mol. The second-order valence-corrected chi connectivity index (χ2v) is 8.82. The first-order chi connectivity index (χ1) is 8.51. The number of nitrogens with zero attached hydrogens (tertiary/aromatic N) is 1. The van der Waals surface area contributed by atoms with Crippen LogP contribution in [0, 0.1) is 16.7 Å². The summed E-state index contributed by atoms with van der Waals surface area (Å²) in [4.78, 5) is 14.8. The minimum atomic E-state index is 0.101. The summed E-state index contributed by atoms with van der Waals surface area (Å²) in [5.41, 5.74) is 0.915. The molecule has 0 aromatic carbocycles. The van der Waals surface area contributed by atoms with Crippen molar-refractivity contribution in [3.05, 3.63) is 0 Å². The Morgan fingerprint density at radius 1 is 1.16 bits per heavy atom. The minimum Gasteiger partial charge on any atom is -0.298 e. The van der Waals surface area contributed by atoms with Gasteiger partial charge in [-0.3, -0.25) is 9.69 Å². The molecule has 0 amide bonds. The Morgan fingerprint density at radius 3 is 2.11 bits per heavy atom. The lowest BCUT2D eigenvalue weighted by Gasteiger charge is -2.36. The van der Waals surface area contributed by atoms with E-state index in [2.05, 4.69) is 46.4 Å². The van der Waals surface area contributed by atoms with Crippen molar-refractivity contribution >= 4 is 5.78 Å². The topological polar surface area (TPSA) is 20.3 Å². The standard InChI is InChI=1S/C17H31NO/c1-8-13(19)12-9-17(10-14(17)15(2,3)4)11-18(12)16(5,6)7/h12,14H,8-11H2,1-7H3/t12-,14?,17+/m0/s1. The molecule has 110 valence electrons. The van der Waals surface area contributed by atoms with E-state index in [-0.39, 0.29) is 11.6 Å². The summed E-state index contributed by atoms with van der Waals surface area (Å²) in [6.07, 6.45) is 3.09. The van der Waals surface area contributed by atoms with E-state index in [0.29, 0.717) is 23.0 Å². The van der Waals surface area contributed by atoms with Crippen molar-refractivity contribution in [1.29, 1.82) is 0 Å². The van der Waals surface area contributed by atoms with E-state index in [1.807, 2.05) is 6.92 Å². The van der Waals surface area contributed by atoms with E-state index in [0.717, 1.165) is 18.9 Å². The van der Waals surface area contributed by atoms with Crippen LogP contribution in [0.25, 0.3) is 0 Å². The highest BCUT2D eigenvalue weighted by molar-refractivity contribution is 5.84. The summed E-state index contributed by atoms with van der Waals surface area (Å²) in [5.74, 6) is 1.23. The fourth-order valence-corrected chi connectivity index (χ4v) is 4.21. The Labute approximate surface area is 118 Å². The van der Waals surface area contributed by atoms with Crippen molar-refractivity contribution in [3.8, 4) is 0 Å². The van der Waals surface area contributed by atoms with E-state index in [4.69, 9.17) is 0 Å². The highest BCUT2D eigenvalue weighted by atomic mass is 16.1. The average molecular weight is 265 g/mol. The van der Waals surface area contributed by atoms with Gasteiger partial charge in [0.25, 0.3) is 0 Å². The maximum Gasteiger partial charge on any atom is 0.149 e. The lowest BCUT2D eigenvalue weighted by atomic mass is 9.83. The lowest BCUT2D eigenvalue weighted by Crippen LogP contribution is -2.47. The molecular weight excluding hydrogens is 234 g/mol. The molecule has 0 radical (unpaired) electrons. The fraction of sp³-hybridized carbons (Fsp3) is 0.941. The number of hydrogen-bond acceptors (Lipinski definition) is 2. The van der Waals surface area contributed by atoms with Gasteiger partial charge in [-0.15, -0.1) is 0 Å². The summed E-state index contributed by atoms with van der Waals surface area (Å²) in [6.45, 7) is 16.9. The van der Waals surface area contributed by atoms with Gasteiger partial charge in [0, 0.05) is 18.5 Å². The van der Waals surface area contributed by atoms with Crippen LogP contribution in [0.4, 0.5) is 0 Å². The van der Waals surface area contributed by atoms with Crippen LogP contribution in [0.1, 0.15) is 67.7 Å². The van der Waals surface area contributed by atoms with Crippen LogP contribution < -0.4 is 0 Å². The molecule has 1 saturated heterocycles. The molecule has 1 spiro atoms. The number of likely N-dealkylation sites (tertiary alicyclic amines) is 1. The molecule has 2 nitrogen and oxygen atoms in total. The van der Waals surface area contributed by atoms with Gasteiger partial charge in [0.1, 0.15) is 5.78 Å². The van der Waals surface area contributed by atoms with Gasteiger partial charge in [0.2, 0.25) is 0 Å². The van der Waals surface area contributed by atoms with Crippen LogP contribution in [-0.4, -0.2) is 28.8 Å². The van der Waals surface area contributed by atoms with Gasteiger partial charge in [-0.25, -0.2) is 0 Å². The van der Waals surface area contributed by atoms with Gasteiger partial charge >= 0.3 is 0 Å². The van der Waals surface area contributed by atoms with Crippen LogP contribution in [0.3, 0.4) is 0 Å². The Morgan fingerprint density at radius 2 is 1.74 bits per heavy atom. The third-order valence-electron chi connectivity index (χ3n) is 5.28. The van der Waals surface area contributed by atoms with Gasteiger partial charge < -0.3 is 0 Å². The normalized spacial score (nSPS) is 35.9. The molecule has 0 N–H and O–H groups in total. The van der Waals surface area contributed by atoms with E-state index < -0.39 is 0 Å². The van der Waals surface area contributed by atoms with Crippen LogP contribution in [0.15, 0.2) is 0 Å². The molecule has 2 aliphatic rings. The molecule has 1 heterocycles. The maximum atomic E-state index is 12.3. The Balaban J connectivity index is 2.21. The molecule has 19 heavy (non-hydrogen) atoms. The monoisotopic (exact) mass is 265 g/mol. The van der Waals surface area contributed by atoms with Gasteiger partial charge in [-0.1, -0.05) is 27.7 Å². The summed E-state index contributed by atoms with van der Waals surface area (Å²) < 4.78 is 0. The van der Waals surface area contributed by atoms with Crippen LogP contribution in [-0.2, 0) is 4.79 Å². The summed E-state index contributed by atoms with van der Waals surface area (Å²) in [6, 6.07) is 0.164. The summed E-state index contributed by atoms with van der Waals surface area (Å²) >= 11 is 0. The fourth-order valence-electron chi connectivity index (χ4n) is 4.21. The van der Waals surface area contributed by atoms with Gasteiger partial charge in [-0.2, -0.15) is 0 Å². The zero-order valence-electron chi connectivity index (χ0n) is 13.8. The summed E-state index contributed by atoms with van der Waals surface area (Å²) in [5, 5.41) is 0. The molecule has 3 atom stereocenters. The van der Waals surface area contributed by atoms with Crippen molar-refractivity contribution in [2.45, 2.75) is 79.3 Å². The van der Waals surface area contributed by atoms with Crippen molar-refractivity contribution in [1.82, 2.24) is 4.90 Å². The molecule has 0 aromatic heterocycles. The van der Waals surface area contributed by atoms with E-state index >= 15 is 0 Å². The number of hydrogen-bond donors (Lipinski definition) is 0. The van der Waals surface area contributed by atoms with Gasteiger partial charge in [-0.05, 0) is 50.4 Å². The quantitative estimate of drug-likeness (QED) is 0.755. The molecule has 0 aromatic rings. The van der Waals surface area contributed by atoms with Gasteiger partial charge in [0.05, 0.1) is 6.04 Å². The Bertz CT molecular complexity index is 374. The SMILES string of the molecule is CCC(=O)[C@@H]1C[C@@]2(CC2C(C)(C)C)CN1C(C)(C)C. The lowest BCUT2D eigenvalue weighted by molar-refractivity contribution is -0.124. The molecular formula is C17H31NO. The number of carbonyl (C=O) groups excluding carboxylic acids is 1. The van der Waals surface area contributed by atoms with Crippen LogP contribution >= 0.6 is 0 Å². The third-order valence-corrected chi connectivity index (χ3v) is 5.28. The van der Waals surface area contributed by atoms with E-state index in [9.17, 15) is 4.79 Å². The Kier molecular flexibility index (Phi) is 3.41. The highest BCUT2D eigenvalue weighted by Crippen LogP contribution is 2.66. The second-order valence-electron chi connectivity index (χ2n) is 8.82. The van der Waals surface area contributed by atoms with Crippen molar-refractivity contribution < 1.29 is 4.79 Å².